The summed E-state index contributed by atoms with van der Waals surface area (Å²) < 4.78 is 0. The lowest BCUT2D eigenvalue weighted by atomic mass is 9.77. The Morgan fingerprint density at radius 1 is 1.40 bits per heavy atom. The second-order valence-corrected chi connectivity index (χ2v) is 6.13. The van der Waals surface area contributed by atoms with Crippen LogP contribution in [0.15, 0.2) is 24.0 Å². The topological polar surface area (TPSA) is 49.2 Å². The molecule has 4 nitrogen and oxygen atoms in total. The molecule has 1 aliphatic rings. The van der Waals surface area contributed by atoms with E-state index >= 15 is 0 Å². The number of aryl methyl sites for hydroxylation is 1. The molecule has 4 heteroatoms. The molecule has 0 amide bonds. The molecule has 0 spiro atoms. The largest absolute Gasteiger partial charge is 0.396 e. The molecule has 110 valence electrons. The molecular formula is C16H25N3O. The maximum absolute atomic E-state index is 9.90. The third-order valence-electron chi connectivity index (χ3n) is 4.09. The number of aliphatic hydroxyl groups is 1. The normalized spacial score (nSPS) is 22.7. The standard InChI is InChI=1S/C16H25N3O/c1-13(2)5-7-16(12-20)6-4-10-19(11-16)15-14(3)17-8-9-18-15/h5,8-9,20H,4,6-7,10-12H2,1-3H3. The van der Waals surface area contributed by atoms with Crippen molar-refractivity contribution in [2.75, 3.05) is 24.6 Å². The number of allylic oxidation sites excluding steroid dienone is 2. The Labute approximate surface area is 121 Å². The molecule has 1 atom stereocenters. The van der Waals surface area contributed by atoms with Gasteiger partial charge in [0.15, 0.2) is 0 Å². The molecule has 1 aliphatic heterocycles. The molecule has 20 heavy (non-hydrogen) atoms. The summed E-state index contributed by atoms with van der Waals surface area (Å²) in [5.41, 5.74) is 2.23. The van der Waals surface area contributed by atoms with Crippen LogP contribution >= 0.6 is 0 Å². The van der Waals surface area contributed by atoms with Gasteiger partial charge in [0.2, 0.25) is 0 Å². The minimum atomic E-state index is -0.0422. The maximum atomic E-state index is 9.90. The number of anilines is 1. The van der Waals surface area contributed by atoms with E-state index in [0.29, 0.717) is 0 Å². The number of aromatic nitrogens is 2. The van der Waals surface area contributed by atoms with E-state index in [2.05, 4.69) is 34.8 Å². The number of piperidine rings is 1. The molecule has 0 bridgehead atoms. The highest BCUT2D eigenvalue weighted by Gasteiger charge is 2.35. The minimum absolute atomic E-state index is 0.0422. The fourth-order valence-electron chi connectivity index (χ4n) is 2.88. The lowest BCUT2D eigenvalue weighted by Crippen LogP contribution is -2.46. The van der Waals surface area contributed by atoms with Gasteiger partial charge < -0.3 is 10.0 Å². The van der Waals surface area contributed by atoms with Crippen molar-refractivity contribution in [2.45, 2.75) is 40.0 Å². The third kappa shape index (κ3) is 3.37. The number of hydrogen-bond donors (Lipinski definition) is 1. The monoisotopic (exact) mass is 275 g/mol. The molecule has 1 N–H and O–H groups in total. The van der Waals surface area contributed by atoms with Crippen molar-refractivity contribution in [2.24, 2.45) is 5.41 Å². The highest BCUT2D eigenvalue weighted by molar-refractivity contribution is 5.43. The molecule has 0 radical (unpaired) electrons. The number of hydrogen-bond acceptors (Lipinski definition) is 4. The highest BCUT2D eigenvalue weighted by Crippen LogP contribution is 2.35. The summed E-state index contributed by atoms with van der Waals surface area (Å²) in [7, 11) is 0. The van der Waals surface area contributed by atoms with Gasteiger partial charge in [0.05, 0.1) is 12.3 Å². The predicted molar refractivity (Wildman–Crippen MR) is 81.8 cm³/mol. The van der Waals surface area contributed by atoms with E-state index in [4.69, 9.17) is 0 Å². The van der Waals surface area contributed by atoms with Crippen molar-refractivity contribution in [3.8, 4) is 0 Å². The molecule has 1 aromatic heterocycles. The summed E-state index contributed by atoms with van der Waals surface area (Å²) in [5.74, 6) is 0.960. The second-order valence-electron chi connectivity index (χ2n) is 6.13. The first kappa shape index (κ1) is 15.0. The van der Waals surface area contributed by atoms with Crippen LogP contribution in [-0.2, 0) is 0 Å². The van der Waals surface area contributed by atoms with Crippen molar-refractivity contribution in [1.82, 2.24) is 9.97 Å². The van der Waals surface area contributed by atoms with Gasteiger partial charge in [-0.2, -0.15) is 0 Å². The van der Waals surface area contributed by atoms with Crippen LogP contribution in [0, 0.1) is 12.3 Å². The summed E-state index contributed by atoms with van der Waals surface area (Å²) in [6, 6.07) is 0. The third-order valence-corrected chi connectivity index (χ3v) is 4.09. The van der Waals surface area contributed by atoms with Gasteiger partial charge in [0.1, 0.15) is 5.82 Å². The summed E-state index contributed by atoms with van der Waals surface area (Å²) in [6.45, 7) is 8.29. The molecule has 0 aromatic carbocycles. The fourth-order valence-corrected chi connectivity index (χ4v) is 2.88. The Morgan fingerprint density at radius 2 is 2.15 bits per heavy atom. The smallest absolute Gasteiger partial charge is 0.150 e. The molecule has 0 aliphatic carbocycles. The Hall–Kier alpha value is -1.42. The minimum Gasteiger partial charge on any atom is -0.396 e. The van der Waals surface area contributed by atoms with E-state index in [-0.39, 0.29) is 12.0 Å². The average Bonchev–Trinajstić information content (AvgIpc) is 2.46. The molecule has 1 saturated heterocycles. The van der Waals surface area contributed by atoms with Gasteiger partial charge in [-0.1, -0.05) is 11.6 Å². The van der Waals surface area contributed by atoms with Crippen LogP contribution in [0.4, 0.5) is 5.82 Å². The SMILES string of the molecule is CC(C)=CCC1(CO)CCCN(c2nccnc2C)C1. The van der Waals surface area contributed by atoms with Crippen molar-refractivity contribution < 1.29 is 5.11 Å². The predicted octanol–water partition coefficient (Wildman–Crippen LogP) is 2.72. The van der Waals surface area contributed by atoms with Gasteiger partial charge in [-0.15, -0.1) is 0 Å². The van der Waals surface area contributed by atoms with Crippen molar-refractivity contribution in [3.05, 3.63) is 29.7 Å². The molecular weight excluding hydrogens is 250 g/mol. The zero-order chi connectivity index (χ0) is 14.6. The first-order valence-corrected chi connectivity index (χ1v) is 7.33. The van der Waals surface area contributed by atoms with Gasteiger partial charge in [-0.05, 0) is 40.0 Å². The zero-order valence-corrected chi connectivity index (χ0v) is 12.8. The summed E-state index contributed by atoms with van der Waals surface area (Å²) in [6.07, 6.45) is 8.81. The Bertz CT molecular complexity index is 482. The van der Waals surface area contributed by atoms with Gasteiger partial charge >= 0.3 is 0 Å². The van der Waals surface area contributed by atoms with Crippen molar-refractivity contribution in [1.29, 1.82) is 0 Å². The van der Waals surface area contributed by atoms with E-state index in [1.54, 1.807) is 12.4 Å². The zero-order valence-electron chi connectivity index (χ0n) is 12.8. The van der Waals surface area contributed by atoms with E-state index in [1.807, 2.05) is 6.92 Å². The molecule has 1 unspecified atom stereocenters. The van der Waals surface area contributed by atoms with Gasteiger partial charge in [0, 0.05) is 30.9 Å². The first-order valence-electron chi connectivity index (χ1n) is 7.33. The van der Waals surface area contributed by atoms with Crippen molar-refractivity contribution in [3.63, 3.8) is 0 Å². The van der Waals surface area contributed by atoms with E-state index in [1.165, 1.54) is 5.57 Å². The van der Waals surface area contributed by atoms with E-state index in [0.717, 1.165) is 43.9 Å². The fraction of sp³-hybridized carbons (Fsp3) is 0.625. The summed E-state index contributed by atoms with van der Waals surface area (Å²) in [4.78, 5) is 11.1. The molecule has 2 rings (SSSR count). The maximum Gasteiger partial charge on any atom is 0.150 e. The van der Waals surface area contributed by atoms with Crippen LogP contribution in [0.25, 0.3) is 0 Å². The molecule has 1 fully saturated rings. The first-order chi connectivity index (χ1) is 9.56. The Morgan fingerprint density at radius 3 is 2.80 bits per heavy atom. The number of aliphatic hydroxyl groups excluding tert-OH is 1. The van der Waals surface area contributed by atoms with Crippen LogP contribution in [0.2, 0.25) is 0 Å². The molecule has 1 aromatic rings. The number of nitrogens with zero attached hydrogens (tertiary/aromatic N) is 3. The summed E-state index contributed by atoms with van der Waals surface area (Å²) in [5, 5.41) is 9.90. The quantitative estimate of drug-likeness (QED) is 0.858. The van der Waals surface area contributed by atoms with Gasteiger partial charge in [-0.25, -0.2) is 4.98 Å². The Balaban J connectivity index is 2.18. The van der Waals surface area contributed by atoms with Crippen LogP contribution in [0.5, 0.6) is 0 Å². The number of rotatable bonds is 4. The van der Waals surface area contributed by atoms with Gasteiger partial charge in [0.25, 0.3) is 0 Å². The Kier molecular flexibility index (Phi) is 4.76. The van der Waals surface area contributed by atoms with Crippen LogP contribution < -0.4 is 4.90 Å². The van der Waals surface area contributed by atoms with Crippen LogP contribution in [0.3, 0.4) is 0 Å². The van der Waals surface area contributed by atoms with Crippen LogP contribution in [-0.4, -0.2) is 34.8 Å². The van der Waals surface area contributed by atoms with Crippen LogP contribution in [0.1, 0.15) is 38.8 Å². The average molecular weight is 275 g/mol. The lowest BCUT2D eigenvalue weighted by Gasteiger charge is -2.42. The molecule has 0 saturated carbocycles. The molecule has 2 heterocycles. The second kappa shape index (κ2) is 6.35. The van der Waals surface area contributed by atoms with Gasteiger partial charge in [-0.3, -0.25) is 4.98 Å². The van der Waals surface area contributed by atoms with E-state index < -0.39 is 0 Å². The highest BCUT2D eigenvalue weighted by atomic mass is 16.3. The van der Waals surface area contributed by atoms with E-state index in [9.17, 15) is 5.11 Å². The van der Waals surface area contributed by atoms with Crippen molar-refractivity contribution >= 4 is 5.82 Å². The summed E-state index contributed by atoms with van der Waals surface area (Å²) >= 11 is 0. The lowest BCUT2D eigenvalue weighted by molar-refractivity contribution is 0.107.